The molecule has 0 amide bonds. The lowest BCUT2D eigenvalue weighted by Gasteiger charge is -2.25. The van der Waals surface area contributed by atoms with Crippen molar-refractivity contribution in [3.05, 3.63) is 17.7 Å². The van der Waals surface area contributed by atoms with Gasteiger partial charge in [0.2, 0.25) is 0 Å². The van der Waals surface area contributed by atoms with Crippen molar-refractivity contribution in [1.29, 1.82) is 0 Å². The highest BCUT2D eigenvalue weighted by Gasteiger charge is 2.26. The normalized spacial score (nSPS) is 29.5. The number of nitrogens with zero attached hydrogens (tertiary/aromatic N) is 3. The van der Waals surface area contributed by atoms with Gasteiger partial charge in [-0.1, -0.05) is 0 Å². The van der Waals surface area contributed by atoms with Crippen LogP contribution in [0.2, 0.25) is 0 Å². The largest absolute Gasteiger partial charge is 0.373 e. The number of likely N-dealkylation sites (N-methyl/N-ethyl adjacent to an activating group) is 1. The van der Waals surface area contributed by atoms with E-state index in [1.807, 2.05) is 6.20 Å². The zero-order valence-corrected chi connectivity index (χ0v) is 10.5. The van der Waals surface area contributed by atoms with Crippen LogP contribution in [0.4, 0.5) is 0 Å². The number of hydrogen-bond donors (Lipinski definition) is 1. The maximum Gasteiger partial charge on any atom is 0.132 e. The number of likely N-dealkylation sites (tertiary alicyclic amines) is 1. The molecule has 3 heterocycles. The van der Waals surface area contributed by atoms with Gasteiger partial charge >= 0.3 is 0 Å². The molecule has 0 saturated carbocycles. The minimum absolute atomic E-state index is 0.344. The van der Waals surface area contributed by atoms with Gasteiger partial charge in [-0.3, -0.25) is 0 Å². The molecule has 2 aliphatic rings. The van der Waals surface area contributed by atoms with Gasteiger partial charge < -0.3 is 14.6 Å². The fraction of sp³-hybridized carbons (Fsp3) is 0.769. The Labute approximate surface area is 102 Å². The second-order valence-electron chi connectivity index (χ2n) is 5.39. The first kappa shape index (κ1) is 11.2. The number of aliphatic hydroxyl groups excluding tert-OH is 1. The van der Waals surface area contributed by atoms with Crippen LogP contribution >= 0.6 is 0 Å². The van der Waals surface area contributed by atoms with Gasteiger partial charge in [0.05, 0.1) is 0 Å². The number of rotatable bonds is 2. The fourth-order valence-corrected chi connectivity index (χ4v) is 3.18. The Balaban J connectivity index is 1.81. The predicted molar refractivity (Wildman–Crippen MR) is 65.8 cm³/mol. The molecular formula is C13H21N3O. The maximum absolute atomic E-state index is 10.1. The lowest BCUT2D eigenvalue weighted by molar-refractivity contribution is 0.0748. The number of aliphatic hydroxyl groups is 1. The van der Waals surface area contributed by atoms with Crippen molar-refractivity contribution >= 4 is 0 Å². The van der Waals surface area contributed by atoms with Gasteiger partial charge in [0.1, 0.15) is 12.1 Å². The summed E-state index contributed by atoms with van der Waals surface area (Å²) in [5, 5.41) is 10.1. The van der Waals surface area contributed by atoms with Crippen LogP contribution in [0.3, 0.4) is 0 Å². The van der Waals surface area contributed by atoms with E-state index in [9.17, 15) is 5.11 Å². The van der Waals surface area contributed by atoms with Crippen molar-refractivity contribution < 1.29 is 5.11 Å². The van der Waals surface area contributed by atoms with Crippen molar-refractivity contribution in [2.24, 2.45) is 0 Å². The van der Waals surface area contributed by atoms with Gasteiger partial charge in [0.25, 0.3) is 0 Å². The summed E-state index contributed by atoms with van der Waals surface area (Å²) in [6.45, 7) is 1.20. The highest BCUT2D eigenvalue weighted by Crippen LogP contribution is 2.26. The maximum atomic E-state index is 10.1. The summed E-state index contributed by atoms with van der Waals surface area (Å²) in [5.41, 5.74) is 1.21. The van der Waals surface area contributed by atoms with Gasteiger partial charge in [-0.25, -0.2) is 4.98 Å². The Morgan fingerprint density at radius 2 is 2.29 bits per heavy atom. The van der Waals surface area contributed by atoms with Crippen molar-refractivity contribution in [2.75, 3.05) is 13.6 Å². The molecule has 0 spiro atoms. The molecule has 1 N–H and O–H groups in total. The summed E-state index contributed by atoms with van der Waals surface area (Å²) in [6, 6.07) is 0.607. The van der Waals surface area contributed by atoms with Crippen LogP contribution in [0, 0.1) is 0 Å². The highest BCUT2D eigenvalue weighted by atomic mass is 16.3. The monoisotopic (exact) mass is 235 g/mol. The summed E-state index contributed by atoms with van der Waals surface area (Å²) in [6.07, 6.45) is 8.14. The minimum Gasteiger partial charge on any atom is -0.373 e. The molecule has 0 radical (unpaired) electrons. The van der Waals surface area contributed by atoms with Gasteiger partial charge in [-0.05, 0) is 45.7 Å². The van der Waals surface area contributed by atoms with E-state index < -0.39 is 0 Å². The molecule has 17 heavy (non-hydrogen) atoms. The lowest BCUT2D eigenvalue weighted by atomic mass is 10.1. The quantitative estimate of drug-likeness (QED) is 0.841. The molecular weight excluding hydrogens is 214 g/mol. The number of imidazole rings is 1. The molecule has 0 bridgehead atoms. The molecule has 0 aromatic carbocycles. The summed E-state index contributed by atoms with van der Waals surface area (Å²) in [7, 11) is 2.19. The molecule has 2 unspecified atom stereocenters. The lowest BCUT2D eigenvalue weighted by Crippen LogP contribution is -2.29. The van der Waals surface area contributed by atoms with E-state index in [-0.39, 0.29) is 6.23 Å². The molecule has 1 aromatic heterocycles. The molecule has 2 atom stereocenters. The van der Waals surface area contributed by atoms with E-state index >= 15 is 0 Å². The summed E-state index contributed by atoms with van der Waals surface area (Å²) in [4.78, 5) is 6.94. The molecule has 1 aromatic rings. The second kappa shape index (κ2) is 4.42. The van der Waals surface area contributed by atoms with E-state index in [0.717, 1.165) is 31.5 Å². The molecule has 3 rings (SSSR count). The first-order valence-corrected chi connectivity index (χ1v) is 6.69. The zero-order chi connectivity index (χ0) is 11.8. The third-order valence-electron chi connectivity index (χ3n) is 4.23. The topological polar surface area (TPSA) is 41.3 Å². The molecule has 1 fully saturated rings. The molecule has 2 aliphatic heterocycles. The van der Waals surface area contributed by atoms with E-state index in [2.05, 4.69) is 21.5 Å². The summed E-state index contributed by atoms with van der Waals surface area (Å²) in [5.74, 6) is 1.07. The van der Waals surface area contributed by atoms with Crippen molar-refractivity contribution in [2.45, 2.75) is 50.8 Å². The molecule has 4 heteroatoms. The highest BCUT2D eigenvalue weighted by molar-refractivity contribution is 5.10. The molecule has 4 nitrogen and oxygen atoms in total. The third-order valence-corrected chi connectivity index (χ3v) is 4.23. The van der Waals surface area contributed by atoms with Crippen LogP contribution in [0.1, 0.15) is 43.4 Å². The van der Waals surface area contributed by atoms with Gasteiger partial charge in [0, 0.05) is 24.4 Å². The van der Waals surface area contributed by atoms with Crippen molar-refractivity contribution in [3.63, 3.8) is 0 Å². The Morgan fingerprint density at radius 3 is 3.06 bits per heavy atom. The van der Waals surface area contributed by atoms with Gasteiger partial charge in [0.15, 0.2) is 0 Å². The number of aromatic nitrogens is 2. The zero-order valence-electron chi connectivity index (χ0n) is 10.5. The number of aryl methyl sites for hydroxylation is 1. The third kappa shape index (κ3) is 2.00. The predicted octanol–water partition coefficient (Wildman–Crippen LogP) is 1.35. The van der Waals surface area contributed by atoms with Gasteiger partial charge in [-0.15, -0.1) is 0 Å². The summed E-state index contributed by atoms with van der Waals surface area (Å²) >= 11 is 0. The SMILES string of the molecule is CN1CCCC1Cc1ncc2n1C(O)CCC2. The van der Waals surface area contributed by atoms with Crippen LogP contribution in [0.5, 0.6) is 0 Å². The van der Waals surface area contributed by atoms with E-state index in [4.69, 9.17) is 0 Å². The molecule has 0 aliphatic carbocycles. The second-order valence-corrected chi connectivity index (χ2v) is 5.39. The Kier molecular flexibility index (Phi) is 2.92. The van der Waals surface area contributed by atoms with Crippen LogP contribution in [-0.4, -0.2) is 39.2 Å². The van der Waals surface area contributed by atoms with E-state index in [1.165, 1.54) is 25.1 Å². The summed E-state index contributed by atoms with van der Waals surface area (Å²) < 4.78 is 2.07. The Morgan fingerprint density at radius 1 is 1.41 bits per heavy atom. The van der Waals surface area contributed by atoms with Crippen LogP contribution in [-0.2, 0) is 12.8 Å². The first-order chi connectivity index (χ1) is 8.25. The molecule has 1 saturated heterocycles. The first-order valence-electron chi connectivity index (χ1n) is 6.69. The van der Waals surface area contributed by atoms with Crippen LogP contribution in [0.25, 0.3) is 0 Å². The molecule has 94 valence electrons. The van der Waals surface area contributed by atoms with E-state index in [1.54, 1.807) is 0 Å². The average Bonchev–Trinajstić information content (AvgIpc) is 2.89. The Hall–Kier alpha value is -0.870. The fourth-order valence-electron chi connectivity index (χ4n) is 3.18. The number of fused-ring (bicyclic) bond motifs is 1. The van der Waals surface area contributed by atoms with Crippen molar-refractivity contribution in [1.82, 2.24) is 14.5 Å². The van der Waals surface area contributed by atoms with Crippen LogP contribution < -0.4 is 0 Å². The van der Waals surface area contributed by atoms with Crippen LogP contribution in [0.15, 0.2) is 6.20 Å². The minimum atomic E-state index is -0.344. The Bertz CT molecular complexity index is 401. The standard InChI is InChI=1S/C13H21N3O/c1-15-7-3-5-10(15)8-12-14-9-11-4-2-6-13(17)16(11)12/h9-10,13,17H,2-8H2,1H3. The van der Waals surface area contributed by atoms with Crippen molar-refractivity contribution in [3.8, 4) is 0 Å². The van der Waals surface area contributed by atoms with Gasteiger partial charge in [-0.2, -0.15) is 0 Å². The van der Waals surface area contributed by atoms with E-state index in [0.29, 0.717) is 6.04 Å². The average molecular weight is 235 g/mol. The number of hydrogen-bond acceptors (Lipinski definition) is 3. The smallest absolute Gasteiger partial charge is 0.132 e.